The van der Waals surface area contributed by atoms with E-state index in [0.29, 0.717) is 0 Å². The number of fused-ring (bicyclic) bond motifs is 20. The van der Waals surface area contributed by atoms with Crippen molar-refractivity contribution in [2.45, 2.75) is 0 Å². The number of aromatic nitrogens is 4. The molecule has 568 valence electrons. The Morgan fingerprint density at radius 2 is 0.418 bits per heavy atom. The molecule has 26 rings (SSSR count). The summed E-state index contributed by atoms with van der Waals surface area (Å²) >= 11 is 3.74. The molecule has 0 bridgehead atoms. The predicted molar refractivity (Wildman–Crippen MR) is 524 cm³/mol. The van der Waals surface area contributed by atoms with Crippen LogP contribution in [0.15, 0.2) is 437 Å². The molecular weight excluding hydrogens is 1510 g/mol. The van der Waals surface area contributed by atoms with Crippen molar-refractivity contribution in [3.63, 3.8) is 0 Å². The van der Waals surface area contributed by atoms with Crippen molar-refractivity contribution in [2.75, 3.05) is 0 Å². The van der Waals surface area contributed by atoms with Gasteiger partial charge in [0.1, 0.15) is 0 Å². The van der Waals surface area contributed by atoms with Crippen LogP contribution in [-0.4, -0.2) is 18.3 Å². The molecule has 0 unspecified atom stereocenters. The van der Waals surface area contributed by atoms with Crippen molar-refractivity contribution in [2.24, 2.45) is 0 Å². The third-order valence-corrected chi connectivity index (χ3v) is 27.7. The second-order valence-corrected chi connectivity index (χ2v) is 34.4. The van der Waals surface area contributed by atoms with E-state index >= 15 is 0 Å². The standard InChI is InChI=1S/2C58H36N2S/c1-2-13-44(14-3-1)59-52-18-8-6-15-47(52)49-34-41(25-30-53(49)59)42-26-31-54-50(35-42)51-36-43(46-17-10-20-57-58(46)48-16-7-9-19-56(48)61-57)27-32-55(51)60(54)45-28-23-38(24-29-45)40-22-21-37-11-4-5-12-39(37)33-40;1-2-12-45(13-3-1)59-53-16-8-6-14-47(53)49-33-41(22-28-54(49)59)42-23-29-55-50(34-42)51-35-43(44-25-31-58-52(36-44)48-15-7-9-17-57(48)61-58)24-30-56(51)60(55)46-26-20-38(21-27-46)40-19-18-37-10-4-5-11-39(37)32-40/h2*1-36H. The Morgan fingerprint density at radius 3 is 0.869 bits per heavy atom. The lowest BCUT2D eigenvalue weighted by molar-refractivity contribution is 1.18. The minimum absolute atomic E-state index is 1.14. The number of hydrogen-bond donors (Lipinski definition) is 0. The highest BCUT2D eigenvalue weighted by molar-refractivity contribution is 7.26. The summed E-state index contributed by atoms with van der Waals surface area (Å²) in [5.74, 6) is 0. The molecule has 0 amide bonds. The van der Waals surface area contributed by atoms with E-state index in [2.05, 4.69) is 455 Å². The molecule has 122 heavy (non-hydrogen) atoms. The molecule has 6 heterocycles. The van der Waals surface area contributed by atoms with Gasteiger partial charge >= 0.3 is 0 Å². The monoisotopic (exact) mass is 1580 g/mol. The highest BCUT2D eigenvalue weighted by atomic mass is 32.1. The average molecular weight is 1590 g/mol. The van der Waals surface area contributed by atoms with E-state index in [-0.39, 0.29) is 0 Å². The van der Waals surface area contributed by atoms with Crippen molar-refractivity contribution in [3.8, 4) is 89.5 Å². The van der Waals surface area contributed by atoms with E-state index in [9.17, 15) is 0 Å². The van der Waals surface area contributed by atoms with Gasteiger partial charge in [0.05, 0.1) is 44.1 Å². The zero-order valence-electron chi connectivity index (χ0n) is 66.2. The largest absolute Gasteiger partial charge is 0.309 e. The molecule has 26 aromatic rings. The second-order valence-electron chi connectivity index (χ2n) is 32.2. The van der Waals surface area contributed by atoms with Gasteiger partial charge in [-0.3, -0.25) is 0 Å². The third kappa shape index (κ3) is 11.4. The minimum atomic E-state index is 1.14. The Kier molecular flexibility index (Phi) is 16.1. The van der Waals surface area contributed by atoms with Gasteiger partial charge in [-0.25, -0.2) is 0 Å². The number of thiophene rings is 2. The molecule has 0 N–H and O–H groups in total. The van der Waals surface area contributed by atoms with Gasteiger partial charge in [-0.15, -0.1) is 22.7 Å². The van der Waals surface area contributed by atoms with Gasteiger partial charge in [0.25, 0.3) is 0 Å². The highest BCUT2D eigenvalue weighted by Crippen LogP contribution is 2.47. The van der Waals surface area contributed by atoms with Gasteiger partial charge in [-0.2, -0.15) is 0 Å². The fourth-order valence-corrected chi connectivity index (χ4v) is 21.8. The van der Waals surface area contributed by atoms with Gasteiger partial charge in [-0.1, -0.05) is 261 Å². The van der Waals surface area contributed by atoms with E-state index in [4.69, 9.17) is 0 Å². The maximum absolute atomic E-state index is 2.44. The topological polar surface area (TPSA) is 19.7 Å². The van der Waals surface area contributed by atoms with Gasteiger partial charge in [0.2, 0.25) is 0 Å². The third-order valence-electron chi connectivity index (χ3n) is 25.4. The molecule has 0 aliphatic heterocycles. The van der Waals surface area contributed by atoms with Crippen LogP contribution < -0.4 is 0 Å². The molecule has 20 aromatic carbocycles. The van der Waals surface area contributed by atoms with Gasteiger partial charge in [0.15, 0.2) is 0 Å². The van der Waals surface area contributed by atoms with E-state index in [1.54, 1.807) is 0 Å². The van der Waals surface area contributed by atoms with Crippen LogP contribution in [0.1, 0.15) is 0 Å². The summed E-state index contributed by atoms with van der Waals surface area (Å²) in [4.78, 5) is 0. The van der Waals surface area contributed by atoms with E-state index in [0.717, 1.165) is 11.4 Å². The first kappa shape index (κ1) is 69.7. The van der Waals surface area contributed by atoms with E-state index < -0.39 is 0 Å². The molecule has 4 nitrogen and oxygen atoms in total. The van der Waals surface area contributed by atoms with Crippen molar-refractivity contribution >= 4 is 172 Å². The molecule has 0 aliphatic carbocycles. The summed E-state index contributed by atoms with van der Waals surface area (Å²) in [6, 6.07) is 161. The molecule has 6 aromatic heterocycles. The fraction of sp³-hybridized carbons (Fsp3) is 0. The Hall–Kier alpha value is -15.4. The van der Waals surface area contributed by atoms with E-state index in [1.807, 2.05) is 22.7 Å². The van der Waals surface area contributed by atoms with Gasteiger partial charge in [0, 0.05) is 106 Å². The highest BCUT2D eigenvalue weighted by Gasteiger charge is 2.23. The van der Waals surface area contributed by atoms with Gasteiger partial charge in [-0.05, 0) is 264 Å². The summed E-state index contributed by atoms with van der Waals surface area (Å²) < 4.78 is 14.9. The Bertz CT molecular complexity index is 8750. The second kappa shape index (κ2) is 28.1. The Balaban J connectivity index is 0.000000134. The zero-order valence-corrected chi connectivity index (χ0v) is 67.8. The predicted octanol–water partition coefficient (Wildman–Crippen LogP) is 32.8. The first-order valence-electron chi connectivity index (χ1n) is 41.8. The van der Waals surface area contributed by atoms with Crippen molar-refractivity contribution in [1.82, 2.24) is 18.3 Å². The molecule has 6 heteroatoms. The van der Waals surface area contributed by atoms with Crippen LogP contribution in [-0.2, 0) is 0 Å². The summed E-state index contributed by atoms with van der Waals surface area (Å²) in [5.41, 5.74) is 28.9. The van der Waals surface area contributed by atoms with Crippen molar-refractivity contribution in [1.29, 1.82) is 0 Å². The lowest BCUT2D eigenvalue weighted by Gasteiger charge is -2.11. The lowest BCUT2D eigenvalue weighted by Crippen LogP contribution is -1.94. The van der Waals surface area contributed by atoms with Crippen LogP contribution in [0.4, 0.5) is 0 Å². The number of hydrogen-bond acceptors (Lipinski definition) is 2. The molecule has 0 radical (unpaired) electrons. The summed E-state index contributed by atoms with van der Waals surface area (Å²) in [7, 11) is 0. The molecule has 0 saturated carbocycles. The number of para-hydroxylation sites is 4. The van der Waals surface area contributed by atoms with E-state index in [1.165, 1.54) is 227 Å². The normalized spacial score (nSPS) is 11.9. The maximum Gasteiger partial charge on any atom is 0.0541 e. The number of nitrogens with zero attached hydrogens (tertiary/aromatic N) is 4. The summed E-state index contributed by atoms with van der Waals surface area (Å²) in [6.45, 7) is 0. The minimum Gasteiger partial charge on any atom is -0.309 e. The smallest absolute Gasteiger partial charge is 0.0541 e. The molecular formula is C116H72N4S2. The SMILES string of the molecule is c1ccc(-n2c3ccccc3c3cc(-c4ccc5c(c4)c4cc(-c6ccc7sc8ccccc8c7c6)ccc4n5-c4ccc(-c5ccc6ccccc6c5)cc4)ccc32)cc1.c1ccc(-n2c3ccccc3c3cc(-c4ccc5c(c4)c4cc(-c6cccc7sc8ccccc8c67)ccc4n5-c4ccc(-c5ccc6ccccc6c5)cc4)ccc32)cc1. The first-order valence-corrected chi connectivity index (χ1v) is 43.4. The van der Waals surface area contributed by atoms with Crippen LogP contribution in [0.5, 0.6) is 0 Å². The number of benzene rings is 20. The fourth-order valence-electron chi connectivity index (χ4n) is 19.6. The van der Waals surface area contributed by atoms with Crippen LogP contribution in [0, 0.1) is 0 Å². The van der Waals surface area contributed by atoms with Crippen molar-refractivity contribution in [3.05, 3.63) is 437 Å². The summed E-state index contributed by atoms with van der Waals surface area (Å²) in [6.07, 6.45) is 0. The average Bonchev–Trinajstić information content (AvgIpc) is 1.59. The van der Waals surface area contributed by atoms with Crippen LogP contribution in [0.2, 0.25) is 0 Å². The quantitative estimate of drug-likeness (QED) is 0.130. The van der Waals surface area contributed by atoms with Crippen LogP contribution >= 0.6 is 22.7 Å². The van der Waals surface area contributed by atoms with Crippen molar-refractivity contribution < 1.29 is 0 Å². The van der Waals surface area contributed by atoms with Crippen LogP contribution in [0.25, 0.3) is 239 Å². The molecule has 0 fully saturated rings. The Morgan fingerprint density at radius 1 is 0.139 bits per heavy atom. The molecule has 0 atom stereocenters. The maximum atomic E-state index is 2.44. The lowest BCUT2D eigenvalue weighted by atomic mass is 9.97. The van der Waals surface area contributed by atoms with Crippen LogP contribution in [0.3, 0.4) is 0 Å². The number of rotatable bonds is 10. The van der Waals surface area contributed by atoms with Gasteiger partial charge < -0.3 is 18.3 Å². The first-order chi connectivity index (χ1) is 60.4. The molecule has 0 saturated heterocycles. The molecule has 0 spiro atoms. The Labute approximate surface area is 711 Å². The summed E-state index contributed by atoms with van der Waals surface area (Å²) in [5, 5.41) is 20.3. The molecule has 0 aliphatic rings. The zero-order chi connectivity index (χ0) is 80.0.